The first-order valence-corrected chi connectivity index (χ1v) is 5.63. The molecule has 0 spiro atoms. The Morgan fingerprint density at radius 2 is 1.63 bits per heavy atom. The lowest BCUT2D eigenvalue weighted by Crippen LogP contribution is -2.33. The molecule has 0 aliphatic rings. The third-order valence-electron chi connectivity index (χ3n) is 1.79. The molecule has 0 heterocycles. The van der Waals surface area contributed by atoms with E-state index < -0.39 is 18.4 Å². The van der Waals surface area contributed by atoms with Gasteiger partial charge in [0, 0.05) is 6.08 Å². The van der Waals surface area contributed by atoms with Crippen molar-refractivity contribution < 1.29 is 25.2 Å². The smallest absolute Gasteiger partial charge is 0.328 e. The molecule has 0 aromatic heterocycles. The number of carboxylic acids is 1. The highest BCUT2D eigenvalue weighted by molar-refractivity contribution is 5.85. The summed E-state index contributed by atoms with van der Waals surface area (Å²) in [5.74, 6) is -0.814. The fourth-order valence-corrected chi connectivity index (χ4v) is 1.10. The molecule has 0 aliphatic carbocycles. The second-order valence-corrected chi connectivity index (χ2v) is 3.78. The highest BCUT2D eigenvalue weighted by Crippen LogP contribution is 2.10. The number of carbonyl (C=O) groups is 1. The van der Waals surface area contributed by atoms with Gasteiger partial charge in [-0.05, 0) is 37.6 Å². The molecule has 0 saturated heterocycles. The fourth-order valence-electron chi connectivity index (χ4n) is 1.10. The molecule has 6 heteroatoms. The van der Waals surface area contributed by atoms with Crippen molar-refractivity contribution in [3.05, 3.63) is 35.9 Å². The van der Waals surface area contributed by atoms with Crippen molar-refractivity contribution in [1.29, 1.82) is 0 Å². The van der Waals surface area contributed by atoms with Crippen LogP contribution in [0.4, 0.5) is 0 Å². The van der Waals surface area contributed by atoms with Crippen molar-refractivity contribution in [2.24, 2.45) is 0 Å². The minimum Gasteiger partial charge on any atom is -0.508 e. The van der Waals surface area contributed by atoms with Crippen LogP contribution in [0, 0.1) is 0 Å². The molecular formula is C13H19NO5. The molecule has 0 bridgehead atoms. The molecule has 1 aromatic carbocycles. The van der Waals surface area contributed by atoms with Gasteiger partial charge in [-0.1, -0.05) is 12.1 Å². The van der Waals surface area contributed by atoms with Gasteiger partial charge in [0.15, 0.2) is 0 Å². The number of hydrogen-bond acceptors (Lipinski definition) is 5. The second kappa shape index (κ2) is 9.09. The van der Waals surface area contributed by atoms with E-state index in [0.29, 0.717) is 0 Å². The summed E-state index contributed by atoms with van der Waals surface area (Å²) < 4.78 is 0. The monoisotopic (exact) mass is 269 g/mol. The molecule has 1 rings (SSSR count). The molecule has 0 fully saturated rings. The average Bonchev–Trinajstić information content (AvgIpc) is 2.27. The molecular weight excluding hydrogens is 250 g/mol. The quantitative estimate of drug-likeness (QED) is 0.407. The topological polar surface area (TPSA) is 110 Å². The van der Waals surface area contributed by atoms with Crippen LogP contribution in [0.2, 0.25) is 0 Å². The molecule has 6 nitrogen and oxygen atoms in total. The first-order valence-electron chi connectivity index (χ1n) is 5.63. The second-order valence-electron chi connectivity index (χ2n) is 3.78. The van der Waals surface area contributed by atoms with Crippen molar-refractivity contribution in [3.63, 3.8) is 0 Å². The van der Waals surface area contributed by atoms with E-state index in [2.05, 4.69) is 5.32 Å². The van der Waals surface area contributed by atoms with Crippen LogP contribution in [0.15, 0.2) is 30.3 Å². The van der Waals surface area contributed by atoms with Crippen LogP contribution in [-0.2, 0) is 4.79 Å². The maximum Gasteiger partial charge on any atom is 0.328 e. The van der Waals surface area contributed by atoms with Crippen LogP contribution in [-0.4, -0.2) is 38.9 Å². The third-order valence-corrected chi connectivity index (χ3v) is 1.79. The highest BCUT2D eigenvalue weighted by atomic mass is 16.4. The number of phenols is 1. The van der Waals surface area contributed by atoms with Gasteiger partial charge >= 0.3 is 5.97 Å². The summed E-state index contributed by atoms with van der Waals surface area (Å²) in [5.41, 5.74) is 0.746. The summed E-state index contributed by atoms with van der Waals surface area (Å²) in [7, 11) is 0. The van der Waals surface area contributed by atoms with E-state index in [9.17, 15) is 4.79 Å². The Morgan fingerprint density at radius 3 is 1.95 bits per heavy atom. The highest BCUT2D eigenvalue weighted by Gasteiger charge is 1.95. The van der Waals surface area contributed by atoms with Gasteiger partial charge in [0.1, 0.15) is 18.2 Å². The minimum atomic E-state index is -0.983. The van der Waals surface area contributed by atoms with Gasteiger partial charge in [-0.2, -0.15) is 0 Å². The van der Waals surface area contributed by atoms with Gasteiger partial charge < -0.3 is 20.4 Å². The summed E-state index contributed by atoms with van der Waals surface area (Å²) in [6.45, 7) is 3.10. The number of aliphatic hydroxyl groups is 2. The zero-order valence-electron chi connectivity index (χ0n) is 10.8. The van der Waals surface area contributed by atoms with Crippen LogP contribution in [0.3, 0.4) is 0 Å². The molecule has 0 radical (unpaired) electrons. The van der Waals surface area contributed by atoms with Gasteiger partial charge in [-0.25, -0.2) is 4.79 Å². The predicted octanol–water partition coefficient (Wildman–Crippen LogP) is 0.743. The Labute approximate surface area is 111 Å². The van der Waals surface area contributed by atoms with Crippen LogP contribution in [0.5, 0.6) is 5.75 Å². The maximum absolute atomic E-state index is 10.1. The zero-order chi connectivity index (χ0) is 14.8. The number of rotatable bonds is 4. The van der Waals surface area contributed by atoms with Crippen molar-refractivity contribution in [1.82, 2.24) is 5.32 Å². The van der Waals surface area contributed by atoms with Crippen molar-refractivity contribution in [2.45, 2.75) is 26.3 Å². The van der Waals surface area contributed by atoms with E-state index in [1.54, 1.807) is 26.0 Å². The standard InChI is InChI=1S/C9H8O3.C4H11NO2/c10-8-4-1-7(2-5-8)3-6-9(11)12;1-3(6)5-4(2)7/h1-6,10H,(H,11,12);3-7H,1-2H3/b6-3+;. The predicted molar refractivity (Wildman–Crippen MR) is 71.3 cm³/mol. The maximum atomic E-state index is 10.1. The summed E-state index contributed by atoms with van der Waals surface area (Å²) >= 11 is 0. The number of aromatic hydroxyl groups is 1. The average molecular weight is 269 g/mol. The lowest BCUT2D eigenvalue weighted by molar-refractivity contribution is -0.131. The fraction of sp³-hybridized carbons (Fsp3) is 0.308. The summed E-state index contributed by atoms with van der Waals surface area (Å²) in [5, 5.41) is 36.5. The Hall–Kier alpha value is -1.89. The summed E-state index contributed by atoms with van der Waals surface area (Å²) in [6.07, 6.45) is 1.26. The number of phenolic OH excluding ortho intramolecular Hbond substituents is 1. The van der Waals surface area contributed by atoms with Gasteiger partial charge in [0.05, 0.1) is 0 Å². The Morgan fingerprint density at radius 1 is 1.16 bits per heavy atom. The molecule has 19 heavy (non-hydrogen) atoms. The van der Waals surface area contributed by atoms with Crippen molar-refractivity contribution in [2.75, 3.05) is 0 Å². The number of hydrogen-bond donors (Lipinski definition) is 5. The first-order chi connectivity index (χ1) is 8.81. The van der Waals surface area contributed by atoms with E-state index in [1.807, 2.05) is 0 Å². The Bertz CT molecular complexity index is 392. The van der Waals surface area contributed by atoms with Crippen LogP contribution >= 0.6 is 0 Å². The molecule has 2 atom stereocenters. The number of carboxylic acid groups (broad SMARTS) is 1. The van der Waals surface area contributed by atoms with Gasteiger partial charge in [0.2, 0.25) is 0 Å². The molecule has 106 valence electrons. The largest absolute Gasteiger partial charge is 0.508 e. The number of aliphatic hydroxyl groups excluding tert-OH is 2. The molecule has 1 aromatic rings. The van der Waals surface area contributed by atoms with Gasteiger partial charge in [-0.3, -0.25) is 5.32 Å². The SMILES string of the molecule is CC(O)NC(C)O.O=C(O)/C=C/c1ccc(O)cc1. The van der Waals surface area contributed by atoms with Crippen molar-refractivity contribution in [3.8, 4) is 5.75 Å². The third kappa shape index (κ3) is 11.0. The van der Waals surface area contributed by atoms with Crippen LogP contribution in [0.1, 0.15) is 19.4 Å². The Kier molecular flexibility index (Phi) is 8.19. The Balaban J connectivity index is 0.000000399. The lowest BCUT2D eigenvalue weighted by atomic mass is 10.2. The normalized spacial score (nSPS) is 13.5. The molecule has 0 aliphatic heterocycles. The number of nitrogens with one attached hydrogen (secondary N) is 1. The number of benzene rings is 1. The molecule has 0 amide bonds. The minimum absolute atomic E-state index is 0.169. The zero-order valence-corrected chi connectivity index (χ0v) is 10.8. The molecule has 2 unspecified atom stereocenters. The van der Waals surface area contributed by atoms with Crippen LogP contribution in [0.25, 0.3) is 6.08 Å². The van der Waals surface area contributed by atoms with Crippen LogP contribution < -0.4 is 5.32 Å². The van der Waals surface area contributed by atoms with Crippen molar-refractivity contribution >= 4 is 12.0 Å². The van der Waals surface area contributed by atoms with E-state index in [0.717, 1.165) is 11.6 Å². The van der Waals surface area contributed by atoms with Gasteiger partial charge in [-0.15, -0.1) is 0 Å². The summed E-state index contributed by atoms with van der Waals surface area (Å²) in [6, 6.07) is 6.27. The first kappa shape index (κ1) is 17.1. The van der Waals surface area contributed by atoms with E-state index in [4.69, 9.17) is 20.4 Å². The molecule has 5 N–H and O–H groups in total. The molecule has 0 saturated carbocycles. The lowest BCUT2D eigenvalue weighted by Gasteiger charge is -2.08. The van der Waals surface area contributed by atoms with E-state index >= 15 is 0 Å². The van der Waals surface area contributed by atoms with E-state index in [-0.39, 0.29) is 5.75 Å². The van der Waals surface area contributed by atoms with Gasteiger partial charge in [0.25, 0.3) is 0 Å². The number of aliphatic carboxylic acids is 1. The summed E-state index contributed by atoms with van der Waals surface area (Å²) in [4.78, 5) is 10.1. The van der Waals surface area contributed by atoms with E-state index in [1.165, 1.54) is 18.2 Å².